The van der Waals surface area contributed by atoms with Crippen LogP contribution in [0, 0.1) is 6.92 Å². The van der Waals surface area contributed by atoms with E-state index in [1.807, 2.05) is 37.3 Å². The number of alkyl halides is 1. The molecule has 0 unspecified atom stereocenters. The molecule has 0 aromatic heterocycles. The summed E-state index contributed by atoms with van der Waals surface area (Å²) in [6, 6.07) is 12.8. The summed E-state index contributed by atoms with van der Waals surface area (Å²) < 4.78 is 5.14. The van der Waals surface area contributed by atoms with E-state index >= 15 is 0 Å². The van der Waals surface area contributed by atoms with E-state index in [2.05, 4.69) is 5.32 Å². The van der Waals surface area contributed by atoms with Crippen LogP contribution in [0.25, 0.3) is 0 Å². The van der Waals surface area contributed by atoms with E-state index in [0.29, 0.717) is 11.4 Å². The quantitative estimate of drug-likeness (QED) is 0.864. The Morgan fingerprint density at radius 1 is 1.20 bits per heavy atom. The minimum atomic E-state index is -0.139. The van der Waals surface area contributed by atoms with Crippen LogP contribution in [0.5, 0.6) is 5.75 Å². The molecular weight excluding hydrogens is 274 g/mol. The summed E-state index contributed by atoms with van der Waals surface area (Å²) in [5.41, 5.74) is 3.32. The Balaban J connectivity index is 2.14. The third-order valence-electron chi connectivity index (χ3n) is 3.05. The van der Waals surface area contributed by atoms with Gasteiger partial charge in [-0.1, -0.05) is 12.1 Å². The van der Waals surface area contributed by atoms with Gasteiger partial charge in [-0.15, -0.1) is 11.6 Å². The summed E-state index contributed by atoms with van der Waals surface area (Å²) in [7, 11) is 1.62. The predicted molar refractivity (Wildman–Crippen MR) is 81.7 cm³/mol. The average molecular weight is 290 g/mol. The van der Waals surface area contributed by atoms with Crippen LogP contribution >= 0.6 is 11.6 Å². The summed E-state index contributed by atoms with van der Waals surface area (Å²) in [6.07, 6.45) is 0. The first-order valence-electron chi connectivity index (χ1n) is 6.25. The number of ether oxygens (including phenoxy) is 1. The van der Waals surface area contributed by atoms with Crippen molar-refractivity contribution < 1.29 is 9.53 Å². The van der Waals surface area contributed by atoms with Crippen molar-refractivity contribution in [1.29, 1.82) is 0 Å². The van der Waals surface area contributed by atoms with Crippen LogP contribution in [-0.4, -0.2) is 13.0 Å². The van der Waals surface area contributed by atoms with E-state index in [1.165, 1.54) is 0 Å². The fraction of sp³-hybridized carbons (Fsp3) is 0.188. The van der Waals surface area contributed by atoms with Gasteiger partial charge in [0.2, 0.25) is 0 Å². The summed E-state index contributed by atoms with van der Waals surface area (Å²) in [5.74, 6) is 1.07. The maximum Gasteiger partial charge on any atom is 0.255 e. The lowest BCUT2D eigenvalue weighted by Crippen LogP contribution is -2.12. The number of hydrogen-bond acceptors (Lipinski definition) is 2. The van der Waals surface area contributed by atoms with Crippen LogP contribution in [0.1, 0.15) is 21.5 Å². The Labute approximate surface area is 123 Å². The lowest BCUT2D eigenvalue weighted by atomic mass is 10.1. The highest BCUT2D eigenvalue weighted by molar-refractivity contribution is 6.17. The van der Waals surface area contributed by atoms with Crippen molar-refractivity contribution in [2.24, 2.45) is 0 Å². The molecule has 1 N–H and O–H groups in total. The minimum Gasteiger partial charge on any atom is -0.497 e. The molecule has 20 heavy (non-hydrogen) atoms. The molecule has 0 atom stereocenters. The number of carbonyl (C=O) groups is 1. The topological polar surface area (TPSA) is 38.3 Å². The number of benzene rings is 2. The van der Waals surface area contributed by atoms with E-state index in [4.69, 9.17) is 16.3 Å². The Kier molecular flexibility index (Phi) is 4.64. The largest absolute Gasteiger partial charge is 0.497 e. The zero-order valence-electron chi connectivity index (χ0n) is 11.4. The molecule has 0 fully saturated rings. The van der Waals surface area contributed by atoms with Gasteiger partial charge in [-0.05, 0) is 48.4 Å². The number of hydrogen-bond donors (Lipinski definition) is 1. The van der Waals surface area contributed by atoms with Gasteiger partial charge in [-0.2, -0.15) is 0 Å². The molecule has 0 heterocycles. The lowest BCUT2D eigenvalue weighted by Gasteiger charge is -2.10. The number of anilines is 1. The third kappa shape index (κ3) is 3.31. The number of aryl methyl sites for hydroxylation is 1. The molecule has 0 saturated carbocycles. The summed E-state index contributed by atoms with van der Waals surface area (Å²) in [5, 5.41) is 2.89. The molecule has 0 bridgehead atoms. The average Bonchev–Trinajstić information content (AvgIpc) is 2.49. The van der Waals surface area contributed by atoms with Gasteiger partial charge < -0.3 is 10.1 Å². The van der Waals surface area contributed by atoms with Gasteiger partial charge in [0.15, 0.2) is 0 Å². The number of amides is 1. The predicted octanol–water partition coefficient (Wildman–Crippen LogP) is 3.99. The van der Waals surface area contributed by atoms with Crippen LogP contribution in [0.3, 0.4) is 0 Å². The van der Waals surface area contributed by atoms with Gasteiger partial charge in [-0.3, -0.25) is 4.79 Å². The number of rotatable bonds is 4. The Morgan fingerprint density at radius 2 is 1.90 bits per heavy atom. The highest BCUT2D eigenvalue weighted by Crippen LogP contribution is 2.21. The van der Waals surface area contributed by atoms with Crippen molar-refractivity contribution in [3.05, 3.63) is 59.2 Å². The van der Waals surface area contributed by atoms with E-state index in [9.17, 15) is 4.79 Å². The van der Waals surface area contributed by atoms with Crippen LogP contribution in [0.4, 0.5) is 5.69 Å². The van der Waals surface area contributed by atoms with Crippen LogP contribution in [0.2, 0.25) is 0 Å². The SMILES string of the molecule is COc1ccc(NC(=O)c2ccc(CCl)cc2)c(C)c1. The Hall–Kier alpha value is -2.00. The molecule has 2 aromatic carbocycles. The molecule has 2 rings (SSSR count). The van der Waals surface area contributed by atoms with Crippen LogP contribution in [0.15, 0.2) is 42.5 Å². The molecule has 0 aliphatic heterocycles. The normalized spacial score (nSPS) is 10.2. The van der Waals surface area contributed by atoms with Gasteiger partial charge in [0.05, 0.1) is 7.11 Å². The van der Waals surface area contributed by atoms with Crippen molar-refractivity contribution in [3.63, 3.8) is 0 Å². The second-order valence-electron chi connectivity index (χ2n) is 4.47. The second-order valence-corrected chi connectivity index (χ2v) is 4.73. The zero-order valence-corrected chi connectivity index (χ0v) is 12.2. The van der Waals surface area contributed by atoms with Gasteiger partial charge in [-0.25, -0.2) is 0 Å². The van der Waals surface area contributed by atoms with Crippen LogP contribution < -0.4 is 10.1 Å². The summed E-state index contributed by atoms with van der Waals surface area (Å²) in [4.78, 5) is 12.1. The highest BCUT2D eigenvalue weighted by Gasteiger charge is 2.08. The molecule has 104 valence electrons. The molecule has 0 saturated heterocycles. The molecule has 0 aliphatic rings. The van der Waals surface area contributed by atoms with E-state index in [0.717, 1.165) is 22.6 Å². The van der Waals surface area contributed by atoms with Crippen molar-refractivity contribution in [1.82, 2.24) is 0 Å². The highest BCUT2D eigenvalue weighted by atomic mass is 35.5. The fourth-order valence-electron chi connectivity index (χ4n) is 1.84. The Morgan fingerprint density at radius 3 is 2.45 bits per heavy atom. The van der Waals surface area contributed by atoms with Gasteiger partial charge >= 0.3 is 0 Å². The number of methoxy groups -OCH3 is 1. The van der Waals surface area contributed by atoms with Gasteiger partial charge in [0, 0.05) is 17.1 Å². The molecule has 1 amide bonds. The van der Waals surface area contributed by atoms with Crippen molar-refractivity contribution in [3.8, 4) is 5.75 Å². The Bertz CT molecular complexity index is 608. The number of carbonyl (C=O) groups excluding carboxylic acids is 1. The zero-order chi connectivity index (χ0) is 14.5. The molecule has 4 heteroatoms. The molecule has 0 spiro atoms. The van der Waals surface area contributed by atoms with Crippen molar-refractivity contribution in [2.75, 3.05) is 12.4 Å². The molecule has 2 aromatic rings. The number of halogens is 1. The fourth-order valence-corrected chi connectivity index (χ4v) is 2.02. The molecule has 0 radical (unpaired) electrons. The van der Waals surface area contributed by atoms with Crippen LogP contribution in [-0.2, 0) is 5.88 Å². The summed E-state index contributed by atoms with van der Waals surface area (Å²) >= 11 is 5.73. The minimum absolute atomic E-state index is 0.139. The molecule has 3 nitrogen and oxygen atoms in total. The maximum atomic E-state index is 12.1. The monoisotopic (exact) mass is 289 g/mol. The van der Waals surface area contributed by atoms with E-state index in [-0.39, 0.29) is 5.91 Å². The molecular formula is C16H16ClNO2. The molecule has 0 aliphatic carbocycles. The second kappa shape index (κ2) is 6.44. The smallest absolute Gasteiger partial charge is 0.255 e. The number of nitrogens with one attached hydrogen (secondary N) is 1. The van der Waals surface area contributed by atoms with Gasteiger partial charge in [0.25, 0.3) is 5.91 Å². The standard InChI is InChI=1S/C16H16ClNO2/c1-11-9-14(20-2)7-8-15(11)18-16(19)13-5-3-12(10-17)4-6-13/h3-9H,10H2,1-2H3,(H,18,19). The maximum absolute atomic E-state index is 12.1. The van der Waals surface area contributed by atoms with Crippen molar-refractivity contribution >= 4 is 23.2 Å². The van der Waals surface area contributed by atoms with E-state index < -0.39 is 0 Å². The van der Waals surface area contributed by atoms with Gasteiger partial charge in [0.1, 0.15) is 5.75 Å². The summed E-state index contributed by atoms with van der Waals surface area (Å²) in [6.45, 7) is 1.93. The first-order valence-corrected chi connectivity index (χ1v) is 6.78. The first kappa shape index (κ1) is 14.4. The van der Waals surface area contributed by atoms with E-state index in [1.54, 1.807) is 19.2 Å². The first-order chi connectivity index (χ1) is 9.63. The van der Waals surface area contributed by atoms with Crippen molar-refractivity contribution in [2.45, 2.75) is 12.8 Å². The third-order valence-corrected chi connectivity index (χ3v) is 3.36. The lowest BCUT2D eigenvalue weighted by molar-refractivity contribution is 0.102.